The van der Waals surface area contributed by atoms with Gasteiger partial charge in [0.15, 0.2) is 29.6 Å². The summed E-state index contributed by atoms with van der Waals surface area (Å²) >= 11 is 6.09. The lowest BCUT2D eigenvalue weighted by atomic mass is 10.1. The van der Waals surface area contributed by atoms with Crippen molar-refractivity contribution in [3.05, 3.63) is 81.5 Å². The molecule has 3 aromatic carbocycles. The monoisotopic (exact) mass is 480 g/mol. The maximum atomic E-state index is 13.4. The number of hydrogen-bond acceptors (Lipinski definition) is 7. The molecule has 4 aromatic rings. The molecule has 0 N–H and O–H groups in total. The van der Waals surface area contributed by atoms with Crippen LogP contribution in [0.5, 0.6) is 23.0 Å². The molecule has 0 radical (unpaired) electrons. The largest absolute Gasteiger partial charge is 0.497 e. The van der Waals surface area contributed by atoms with Crippen molar-refractivity contribution in [2.24, 2.45) is 0 Å². The van der Waals surface area contributed by atoms with E-state index in [1.807, 2.05) is 0 Å². The molecule has 1 heterocycles. The highest BCUT2D eigenvalue weighted by molar-refractivity contribution is 6.31. The van der Waals surface area contributed by atoms with Crippen LogP contribution in [0, 0.1) is 0 Å². The fraction of sp³-hybridized carbons (Fsp3) is 0.154. The molecule has 0 bridgehead atoms. The topological polar surface area (TPSA) is 84.2 Å². The standard InChI is InChI=1S/C26H21ClO7/c1-30-18-8-4-15(5-9-18)20(28)14-33-26-24(29)19-13-17(27)7-11-21(19)34-25(26)16-6-10-22(31-2)23(12-16)32-3/h4-13H,14H2,1-3H3. The predicted octanol–water partition coefficient (Wildman–Crippen LogP) is 5.40. The van der Waals surface area contributed by atoms with E-state index >= 15 is 0 Å². The Hall–Kier alpha value is -3.97. The number of carbonyl (C=O) groups excluding carboxylic acids is 1. The molecule has 1 aromatic heterocycles. The van der Waals surface area contributed by atoms with Gasteiger partial charge >= 0.3 is 0 Å². The van der Waals surface area contributed by atoms with Crippen LogP contribution in [0.3, 0.4) is 0 Å². The number of benzene rings is 3. The minimum absolute atomic E-state index is 0.108. The molecule has 8 heteroatoms. The van der Waals surface area contributed by atoms with Gasteiger partial charge < -0.3 is 23.4 Å². The molecule has 0 atom stereocenters. The fourth-order valence-corrected chi connectivity index (χ4v) is 3.62. The van der Waals surface area contributed by atoms with Gasteiger partial charge in [-0.05, 0) is 60.7 Å². The molecule has 0 aliphatic heterocycles. The molecule has 0 fully saturated rings. The van der Waals surface area contributed by atoms with Crippen LogP contribution in [0.25, 0.3) is 22.3 Å². The highest BCUT2D eigenvalue weighted by Crippen LogP contribution is 2.37. The quantitative estimate of drug-likeness (QED) is 0.312. The zero-order valence-electron chi connectivity index (χ0n) is 18.7. The summed E-state index contributed by atoms with van der Waals surface area (Å²) in [5.74, 6) is 1.32. The van der Waals surface area contributed by atoms with E-state index in [0.717, 1.165) is 0 Å². The molecular weight excluding hydrogens is 460 g/mol. The summed E-state index contributed by atoms with van der Waals surface area (Å²) in [6, 6.07) is 16.4. The molecule has 0 amide bonds. The molecular formula is C26H21ClO7. The van der Waals surface area contributed by atoms with Gasteiger partial charge in [0.05, 0.1) is 26.7 Å². The molecule has 0 aliphatic rings. The number of Topliss-reactive ketones (excluding diaryl/α,β-unsaturated/α-hetero) is 1. The number of halogens is 1. The fourth-order valence-electron chi connectivity index (χ4n) is 3.45. The third kappa shape index (κ3) is 4.56. The van der Waals surface area contributed by atoms with Crippen LogP contribution in [-0.2, 0) is 0 Å². The molecule has 0 saturated carbocycles. The Labute approximate surface area is 200 Å². The van der Waals surface area contributed by atoms with Crippen LogP contribution in [0.15, 0.2) is 69.9 Å². The van der Waals surface area contributed by atoms with Gasteiger partial charge in [0, 0.05) is 16.1 Å². The number of ketones is 1. The number of hydrogen-bond donors (Lipinski definition) is 0. The molecule has 7 nitrogen and oxygen atoms in total. The van der Waals surface area contributed by atoms with Crippen molar-refractivity contribution in [2.75, 3.05) is 27.9 Å². The maximum Gasteiger partial charge on any atom is 0.235 e. The van der Waals surface area contributed by atoms with Crippen LogP contribution >= 0.6 is 11.6 Å². The van der Waals surface area contributed by atoms with Gasteiger partial charge in [0.2, 0.25) is 11.2 Å². The Kier molecular flexibility index (Phi) is 6.75. The smallest absolute Gasteiger partial charge is 0.235 e. The van der Waals surface area contributed by atoms with Crippen LogP contribution in [0.4, 0.5) is 0 Å². The van der Waals surface area contributed by atoms with E-state index in [2.05, 4.69) is 0 Å². The van der Waals surface area contributed by atoms with E-state index in [1.165, 1.54) is 20.3 Å². The Bertz CT molecular complexity index is 1410. The lowest BCUT2D eigenvalue weighted by molar-refractivity contribution is 0.0920. The van der Waals surface area contributed by atoms with E-state index < -0.39 is 5.43 Å². The van der Waals surface area contributed by atoms with Gasteiger partial charge in [0.25, 0.3) is 0 Å². The van der Waals surface area contributed by atoms with Crippen LogP contribution < -0.4 is 24.4 Å². The third-order valence-electron chi connectivity index (χ3n) is 5.22. The lowest BCUT2D eigenvalue weighted by Gasteiger charge is -2.13. The van der Waals surface area contributed by atoms with Gasteiger partial charge in [-0.25, -0.2) is 0 Å². The maximum absolute atomic E-state index is 13.4. The summed E-state index contributed by atoms with van der Waals surface area (Å²) < 4.78 is 27.6. The minimum Gasteiger partial charge on any atom is -0.497 e. The summed E-state index contributed by atoms with van der Waals surface area (Å²) in [4.78, 5) is 26.1. The normalized spacial score (nSPS) is 10.7. The number of ether oxygens (including phenoxy) is 4. The zero-order chi connectivity index (χ0) is 24.2. The molecule has 0 spiro atoms. The van der Waals surface area contributed by atoms with Gasteiger partial charge in [0.1, 0.15) is 11.3 Å². The Morgan fingerprint density at radius 1 is 0.882 bits per heavy atom. The van der Waals surface area contributed by atoms with Crippen LogP contribution in [0.2, 0.25) is 5.02 Å². The van der Waals surface area contributed by atoms with Crippen molar-refractivity contribution in [1.82, 2.24) is 0 Å². The van der Waals surface area contributed by atoms with Crippen molar-refractivity contribution < 1.29 is 28.2 Å². The van der Waals surface area contributed by atoms with E-state index in [-0.39, 0.29) is 29.3 Å². The average Bonchev–Trinajstić information content (AvgIpc) is 2.87. The number of methoxy groups -OCH3 is 3. The summed E-state index contributed by atoms with van der Waals surface area (Å²) in [6.45, 7) is -0.372. The first-order valence-electron chi connectivity index (χ1n) is 10.2. The number of carbonyl (C=O) groups is 1. The van der Waals surface area contributed by atoms with Crippen molar-refractivity contribution in [1.29, 1.82) is 0 Å². The first-order valence-corrected chi connectivity index (χ1v) is 10.6. The average molecular weight is 481 g/mol. The van der Waals surface area contributed by atoms with Gasteiger partial charge in [-0.1, -0.05) is 11.6 Å². The minimum atomic E-state index is -0.448. The highest BCUT2D eigenvalue weighted by atomic mass is 35.5. The van der Waals surface area contributed by atoms with Crippen molar-refractivity contribution in [3.8, 4) is 34.3 Å². The summed E-state index contributed by atoms with van der Waals surface area (Å²) in [5, 5.41) is 0.613. The molecule has 0 unspecified atom stereocenters. The first kappa shape index (κ1) is 23.2. The molecule has 0 aliphatic carbocycles. The lowest BCUT2D eigenvalue weighted by Crippen LogP contribution is -2.17. The third-order valence-corrected chi connectivity index (χ3v) is 5.45. The summed E-state index contributed by atoms with van der Waals surface area (Å²) in [5.41, 5.74) is 0.810. The van der Waals surface area contributed by atoms with Gasteiger partial charge in [-0.15, -0.1) is 0 Å². The molecule has 0 saturated heterocycles. The van der Waals surface area contributed by atoms with E-state index in [4.69, 9.17) is 35.0 Å². The van der Waals surface area contributed by atoms with Gasteiger partial charge in [-0.3, -0.25) is 9.59 Å². The SMILES string of the molecule is COc1ccc(C(=O)COc2c(-c3ccc(OC)c(OC)c3)oc3ccc(Cl)cc3c2=O)cc1. The number of rotatable bonds is 8. The number of fused-ring (bicyclic) bond motifs is 1. The summed E-state index contributed by atoms with van der Waals surface area (Å²) in [6.07, 6.45) is 0. The second kappa shape index (κ2) is 9.89. The van der Waals surface area contributed by atoms with E-state index in [1.54, 1.807) is 61.7 Å². The second-order valence-electron chi connectivity index (χ2n) is 7.24. The van der Waals surface area contributed by atoms with E-state index in [0.29, 0.717) is 39.0 Å². The summed E-state index contributed by atoms with van der Waals surface area (Å²) in [7, 11) is 4.57. The highest BCUT2D eigenvalue weighted by Gasteiger charge is 2.21. The van der Waals surface area contributed by atoms with Crippen molar-refractivity contribution in [3.63, 3.8) is 0 Å². The Balaban J connectivity index is 1.78. The van der Waals surface area contributed by atoms with Crippen molar-refractivity contribution >= 4 is 28.4 Å². The second-order valence-corrected chi connectivity index (χ2v) is 7.68. The van der Waals surface area contributed by atoms with E-state index in [9.17, 15) is 9.59 Å². The molecule has 34 heavy (non-hydrogen) atoms. The molecule has 4 rings (SSSR count). The van der Waals surface area contributed by atoms with Crippen molar-refractivity contribution in [2.45, 2.75) is 0 Å². The first-order chi connectivity index (χ1) is 16.4. The predicted molar refractivity (Wildman–Crippen MR) is 129 cm³/mol. The van der Waals surface area contributed by atoms with Gasteiger partial charge in [-0.2, -0.15) is 0 Å². The Morgan fingerprint density at radius 3 is 2.29 bits per heavy atom. The zero-order valence-corrected chi connectivity index (χ0v) is 19.5. The Morgan fingerprint density at radius 2 is 1.62 bits per heavy atom. The van der Waals surface area contributed by atoms with Crippen LogP contribution in [0.1, 0.15) is 10.4 Å². The molecule has 174 valence electrons. The van der Waals surface area contributed by atoms with Crippen LogP contribution in [-0.4, -0.2) is 33.7 Å².